The number of rotatable bonds is 4. The predicted molar refractivity (Wildman–Crippen MR) is 140 cm³/mol. The smallest absolute Gasteiger partial charge is 0.254 e. The van der Waals surface area contributed by atoms with Gasteiger partial charge >= 0.3 is 0 Å². The number of hydrogen-bond donors (Lipinski definition) is 0. The molecule has 0 spiro atoms. The van der Waals surface area contributed by atoms with Gasteiger partial charge in [-0.15, -0.1) is 0 Å². The zero-order valence-corrected chi connectivity index (χ0v) is 22.1. The molecule has 4 rings (SSSR count). The van der Waals surface area contributed by atoms with Crippen LogP contribution in [0, 0.1) is 17.4 Å². The Labute approximate surface area is 207 Å². The monoisotopic (exact) mass is 545 g/mol. The summed E-state index contributed by atoms with van der Waals surface area (Å²) in [7, 11) is 0. The van der Waals surface area contributed by atoms with Gasteiger partial charge in [0, 0.05) is 60.0 Å². The molecule has 0 aliphatic carbocycles. The zero-order valence-electron chi connectivity index (χ0n) is 19.9. The van der Waals surface area contributed by atoms with Gasteiger partial charge in [0.1, 0.15) is 0 Å². The SMILES string of the molecule is Cc1cccc(C)c1C(=O)N1CCC(C)(N2CCN(Cc3ccc(I)cc3)[C@@H](C)C2)CC1. The first kappa shape index (κ1) is 23.7. The molecule has 172 valence electrons. The summed E-state index contributed by atoms with van der Waals surface area (Å²) in [5, 5.41) is 0. The van der Waals surface area contributed by atoms with Gasteiger partial charge in [-0.25, -0.2) is 0 Å². The summed E-state index contributed by atoms with van der Waals surface area (Å²) in [6.07, 6.45) is 2.10. The van der Waals surface area contributed by atoms with E-state index >= 15 is 0 Å². The van der Waals surface area contributed by atoms with Crippen LogP contribution < -0.4 is 0 Å². The minimum atomic E-state index is 0.181. The molecule has 1 atom stereocenters. The Hall–Kier alpha value is -1.44. The normalized spacial score (nSPS) is 22.2. The van der Waals surface area contributed by atoms with Crippen LogP contribution in [0.4, 0.5) is 0 Å². The van der Waals surface area contributed by atoms with Crippen LogP contribution in [0.1, 0.15) is 53.7 Å². The summed E-state index contributed by atoms with van der Waals surface area (Å²) < 4.78 is 1.29. The number of amides is 1. The number of carbonyl (C=O) groups is 1. The Bertz CT molecular complexity index is 930. The highest BCUT2D eigenvalue weighted by Gasteiger charge is 2.40. The largest absolute Gasteiger partial charge is 0.338 e. The number of piperazine rings is 1. The van der Waals surface area contributed by atoms with E-state index in [0.717, 1.165) is 68.8 Å². The quantitative estimate of drug-likeness (QED) is 0.500. The van der Waals surface area contributed by atoms with Crippen LogP contribution in [0.2, 0.25) is 0 Å². The number of piperidine rings is 1. The van der Waals surface area contributed by atoms with E-state index in [2.05, 4.69) is 75.4 Å². The highest BCUT2D eigenvalue weighted by Crippen LogP contribution is 2.32. The molecule has 2 heterocycles. The highest BCUT2D eigenvalue weighted by molar-refractivity contribution is 14.1. The van der Waals surface area contributed by atoms with Gasteiger partial charge in [-0.05, 0) is 92.0 Å². The molecule has 2 aromatic rings. The van der Waals surface area contributed by atoms with Crippen molar-refractivity contribution in [2.45, 2.75) is 58.7 Å². The first-order chi connectivity index (χ1) is 15.3. The van der Waals surface area contributed by atoms with E-state index in [-0.39, 0.29) is 11.4 Å². The average Bonchev–Trinajstić information content (AvgIpc) is 2.77. The minimum Gasteiger partial charge on any atom is -0.338 e. The molecule has 2 aliphatic rings. The molecule has 4 nitrogen and oxygen atoms in total. The van der Waals surface area contributed by atoms with Crippen molar-refractivity contribution in [2.75, 3.05) is 32.7 Å². The summed E-state index contributed by atoms with van der Waals surface area (Å²) in [5.74, 6) is 0.207. The molecule has 0 aromatic heterocycles. The lowest BCUT2D eigenvalue weighted by atomic mass is 9.86. The lowest BCUT2D eigenvalue weighted by molar-refractivity contribution is -0.0192. The molecule has 0 bridgehead atoms. The Kier molecular flexibility index (Phi) is 7.27. The lowest BCUT2D eigenvalue weighted by Gasteiger charge is -2.51. The van der Waals surface area contributed by atoms with Crippen molar-refractivity contribution >= 4 is 28.5 Å². The molecule has 0 N–H and O–H groups in total. The lowest BCUT2D eigenvalue weighted by Crippen LogP contribution is -2.61. The maximum absolute atomic E-state index is 13.2. The Balaban J connectivity index is 1.34. The number of carbonyl (C=O) groups excluding carboxylic acids is 1. The molecule has 5 heteroatoms. The minimum absolute atomic E-state index is 0.181. The fourth-order valence-corrected chi connectivity index (χ4v) is 5.72. The van der Waals surface area contributed by atoms with Crippen molar-refractivity contribution in [3.05, 3.63) is 68.3 Å². The second kappa shape index (κ2) is 9.82. The van der Waals surface area contributed by atoms with Crippen molar-refractivity contribution in [2.24, 2.45) is 0 Å². The zero-order chi connectivity index (χ0) is 22.9. The molecule has 2 aromatic carbocycles. The van der Waals surface area contributed by atoms with Crippen LogP contribution in [0.15, 0.2) is 42.5 Å². The molecule has 2 fully saturated rings. The molecule has 1 amide bonds. The summed E-state index contributed by atoms with van der Waals surface area (Å²) >= 11 is 2.37. The van der Waals surface area contributed by atoms with E-state index in [9.17, 15) is 4.79 Å². The van der Waals surface area contributed by atoms with Crippen LogP contribution >= 0.6 is 22.6 Å². The number of likely N-dealkylation sites (tertiary alicyclic amines) is 1. The van der Waals surface area contributed by atoms with Crippen LogP contribution in [0.25, 0.3) is 0 Å². The Morgan fingerprint density at radius 2 is 1.62 bits per heavy atom. The molecule has 2 saturated heterocycles. The van der Waals surface area contributed by atoms with Gasteiger partial charge in [-0.2, -0.15) is 0 Å². The molecule has 2 aliphatic heterocycles. The topological polar surface area (TPSA) is 26.8 Å². The number of aryl methyl sites for hydroxylation is 2. The van der Waals surface area contributed by atoms with E-state index in [0.29, 0.717) is 6.04 Å². The third kappa shape index (κ3) is 5.05. The second-order valence-corrected chi connectivity index (χ2v) is 11.2. The second-order valence-electron chi connectivity index (χ2n) is 9.95. The van der Waals surface area contributed by atoms with Crippen LogP contribution in [0.5, 0.6) is 0 Å². The van der Waals surface area contributed by atoms with Crippen LogP contribution in [-0.2, 0) is 6.54 Å². The Morgan fingerprint density at radius 3 is 2.22 bits per heavy atom. The molecular weight excluding hydrogens is 509 g/mol. The molecule has 0 saturated carbocycles. The molecule has 32 heavy (non-hydrogen) atoms. The van der Waals surface area contributed by atoms with Crippen LogP contribution in [0.3, 0.4) is 0 Å². The van der Waals surface area contributed by atoms with E-state index in [1.54, 1.807) is 0 Å². The van der Waals surface area contributed by atoms with Crippen LogP contribution in [-0.4, -0.2) is 64.9 Å². The fourth-order valence-electron chi connectivity index (χ4n) is 5.36. The van der Waals surface area contributed by atoms with Crippen molar-refractivity contribution in [3.8, 4) is 0 Å². The highest BCUT2D eigenvalue weighted by atomic mass is 127. The third-order valence-corrected chi connectivity index (χ3v) is 8.37. The van der Waals surface area contributed by atoms with Gasteiger partial charge in [-0.3, -0.25) is 14.6 Å². The fraction of sp³-hybridized carbons (Fsp3) is 0.519. The summed E-state index contributed by atoms with van der Waals surface area (Å²) in [4.78, 5) is 20.6. The Morgan fingerprint density at radius 1 is 1.00 bits per heavy atom. The standard InChI is InChI=1S/C27H36IN3O/c1-20-6-5-7-21(2)25(20)26(32)29-14-12-27(4,13-15-29)31-17-16-30(22(3)18-31)19-23-8-10-24(28)11-9-23/h5-11,22H,12-19H2,1-4H3/t22-/m0/s1. The first-order valence-corrected chi connectivity index (χ1v) is 12.9. The van der Waals surface area contributed by atoms with Crippen molar-refractivity contribution in [1.82, 2.24) is 14.7 Å². The predicted octanol–water partition coefficient (Wildman–Crippen LogP) is 5.11. The van der Waals surface area contributed by atoms with E-state index in [4.69, 9.17) is 0 Å². The maximum atomic E-state index is 13.2. The third-order valence-electron chi connectivity index (χ3n) is 7.65. The van der Waals surface area contributed by atoms with E-state index in [1.165, 1.54) is 9.13 Å². The van der Waals surface area contributed by atoms with Crippen molar-refractivity contribution in [3.63, 3.8) is 0 Å². The van der Waals surface area contributed by atoms with Gasteiger partial charge in [0.05, 0.1) is 0 Å². The van der Waals surface area contributed by atoms with Gasteiger partial charge in [0.2, 0.25) is 0 Å². The summed E-state index contributed by atoms with van der Waals surface area (Å²) in [6, 6.07) is 15.6. The van der Waals surface area contributed by atoms with Crippen molar-refractivity contribution in [1.29, 1.82) is 0 Å². The average molecular weight is 546 g/mol. The summed E-state index contributed by atoms with van der Waals surface area (Å²) in [6.45, 7) is 14.9. The van der Waals surface area contributed by atoms with Crippen molar-refractivity contribution < 1.29 is 4.79 Å². The number of hydrogen-bond acceptors (Lipinski definition) is 3. The molecule has 0 radical (unpaired) electrons. The van der Waals surface area contributed by atoms with Gasteiger partial charge in [0.15, 0.2) is 0 Å². The number of benzene rings is 2. The van der Waals surface area contributed by atoms with Gasteiger partial charge in [0.25, 0.3) is 5.91 Å². The van der Waals surface area contributed by atoms with E-state index < -0.39 is 0 Å². The summed E-state index contributed by atoms with van der Waals surface area (Å²) in [5.41, 5.74) is 4.65. The maximum Gasteiger partial charge on any atom is 0.254 e. The first-order valence-electron chi connectivity index (χ1n) is 11.9. The van der Waals surface area contributed by atoms with E-state index in [1.807, 2.05) is 32.0 Å². The number of nitrogens with zero attached hydrogens (tertiary/aromatic N) is 3. The molecular formula is C27H36IN3O. The van der Waals surface area contributed by atoms with Gasteiger partial charge in [-0.1, -0.05) is 30.3 Å². The number of halogens is 1. The molecule has 0 unspecified atom stereocenters. The van der Waals surface area contributed by atoms with Gasteiger partial charge < -0.3 is 4.90 Å².